The van der Waals surface area contributed by atoms with E-state index < -0.39 is 59.6 Å². The number of aromatic nitrogens is 2. The minimum atomic E-state index is -2.99. The summed E-state index contributed by atoms with van der Waals surface area (Å²) in [5, 5.41) is 10.9. The SMILES string of the molecule is O=C(N[C@@H](C(=O)N1CCC(OC2CCN(CC(=O)N3CCN(C(=O)c4cc(Cc5n[nH]c(=O)c6ccccc56)ccc4F)CC3)CC2)CC1)C1CCCCC1)c1cccc(C2CCCN(C(=O)[C@@H]3CC3(F)F)C2)c1F. The van der Waals surface area contributed by atoms with E-state index in [1.165, 1.54) is 23.1 Å². The minimum absolute atomic E-state index is 0.00411. The molecule has 4 saturated heterocycles. The smallest absolute Gasteiger partial charge is 0.272 e. The Balaban J connectivity index is 0.665. The number of nitrogens with zero attached hydrogens (tertiary/aromatic N) is 6. The van der Waals surface area contributed by atoms with Crippen molar-refractivity contribution < 1.29 is 46.3 Å². The maximum absolute atomic E-state index is 16.3. The molecule has 0 radical (unpaired) electrons. The summed E-state index contributed by atoms with van der Waals surface area (Å²) in [6.07, 6.45) is 8.05. The summed E-state index contributed by atoms with van der Waals surface area (Å²) >= 11 is 0. The van der Waals surface area contributed by atoms with Gasteiger partial charge in [-0.15, -0.1) is 0 Å². The zero-order valence-corrected chi connectivity index (χ0v) is 42.3. The molecular weight excluding hydrogens is 973 g/mol. The fraction of sp³-hybridized carbons (Fsp3) is 0.554. The number of nitrogens with one attached hydrogen (secondary N) is 2. The first kappa shape index (κ1) is 52.2. The lowest BCUT2D eigenvalue weighted by Crippen LogP contribution is -2.55. The van der Waals surface area contributed by atoms with E-state index in [1.807, 2.05) is 12.1 Å². The third kappa shape index (κ3) is 11.8. The molecule has 400 valence electrons. The van der Waals surface area contributed by atoms with Crippen LogP contribution >= 0.6 is 0 Å². The molecule has 2 N–H and O–H groups in total. The van der Waals surface area contributed by atoms with Gasteiger partial charge in [0.1, 0.15) is 23.6 Å². The maximum atomic E-state index is 16.3. The van der Waals surface area contributed by atoms with Gasteiger partial charge in [0.2, 0.25) is 17.7 Å². The second-order valence-electron chi connectivity index (χ2n) is 21.5. The van der Waals surface area contributed by atoms with E-state index in [1.54, 1.807) is 45.0 Å². The second-order valence-corrected chi connectivity index (χ2v) is 21.5. The standard InChI is InChI=1S/C56H66F4N8O7/c57-46-16-15-35(31-47-41-11-4-5-12-42(41)52(71)63-62-47)30-44(46)53(72)67-28-26-65(27-29-67)48(69)34-64-22-17-38(18-23-64)75-39-19-24-66(25-20-39)55(74)50(36-8-2-1-3-9-36)61-51(70)43-14-6-13-40(49(43)58)37-10-7-21-68(33-37)54(73)45-32-56(45,59)60/h4-6,11-16,30,36-39,45,50H,1-3,7-10,17-29,31-34H2,(H,61,70)(H,63,71)/t37?,45-,50+/m0/s1. The van der Waals surface area contributed by atoms with Crippen LogP contribution in [0.25, 0.3) is 10.8 Å². The quantitative estimate of drug-likeness (QED) is 0.146. The number of carbonyl (C=O) groups excluding carboxylic acids is 5. The summed E-state index contributed by atoms with van der Waals surface area (Å²) in [7, 11) is 0. The zero-order chi connectivity index (χ0) is 52.4. The van der Waals surface area contributed by atoms with Gasteiger partial charge >= 0.3 is 0 Å². The van der Waals surface area contributed by atoms with Crippen molar-refractivity contribution in [3.05, 3.63) is 111 Å². The van der Waals surface area contributed by atoms with E-state index in [-0.39, 0.29) is 84.8 Å². The number of H-pyrrole nitrogens is 1. The van der Waals surface area contributed by atoms with Gasteiger partial charge in [-0.2, -0.15) is 5.10 Å². The maximum Gasteiger partial charge on any atom is 0.272 e. The van der Waals surface area contributed by atoms with Gasteiger partial charge in [-0.3, -0.25) is 33.7 Å². The van der Waals surface area contributed by atoms with Gasteiger partial charge < -0.3 is 29.7 Å². The van der Waals surface area contributed by atoms with Crippen LogP contribution in [-0.2, 0) is 25.5 Å². The third-order valence-electron chi connectivity index (χ3n) is 16.6. The Morgan fingerprint density at radius 2 is 1.40 bits per heavy atom. The number of rotatable bonds is 13. The molecule has 0 spiro atoms. The highest BCUT2D eigenvalue weighted by atomic mass is 19.3. The average molecular weight is 1040 g/mol. The van der Waals surface area contributed by atoms with Crippen molar-refractivity contribution in [2.24, 2.45) is 11.8 Å². The molecule has 5 amide bonds. The summed E-state index contributed by atoms with van der Waals surface area (Å²) in [5.74, 6) is -8.13. The molecule has 75 heavy (non-hydrogen) atoms. The van der Waals surface area contributed by atoms with Crippen LogP contribution in [0, 0.1) is 23.5 Å². The molecule has 10 rings (SSSR count). The molecule has 6 fully saturated rings. The van der Waals surface area contributed by atoms with Crippen LogP contribution in [0.1, 0.15) is 121 Å². The molecule has 1 unspecified atom stereocenters. The van der Waals surface area contributed by atoms with Crippen molar-refractivity contribution in [1.82, 2.24) is 40.0 Å². The Bertz CT molecular complexity index is 2840. The monoisotopic (exact) mass is 1040 g/mol. The van der Waals surface area contributed by atoms with Gasteiger partial charge in [-0.1, -0.05) is 55.7 Å². The van der Waals surface area contributed by atoms with E-state index in [0.717, 1.165) is 44.9 Å². The Kier molecular flexibility index (Phi) is 15.7. The third-order valence-corrected chi connectivity index (χ3v) is 16.6. The summed E-state index contributed by atoms with van der Waals surface area (Å²) in [6.45, 7) is 4.17. The fourth-order valence-electron chi connectivity index (χ4n) is 12.1. The van der Waals surface area contributed by atoms with Crippen LogP contribution in [0.3, 0.4) is 0 Å². The van der Waals surface area contributed by atoms with E-state index in [9.17, 15) is 37.5 Å². The van der Waals surface area contributed by atoms with Crippen LogP contribution in [0.2, 0.25) is 0 Å². The number of halogens is 4. The number of aromatic amines is 1. The van der Waals surface area contributed by atoms with Crippen molar-refractivity contribution >= 4 is 40.3 Å². The Morgan fingerprint density at radius 1 is 0.720 bits per heavy atom. The number of carbonyl (C=O) groups is 5. The molecule has 5 heterocycles. The topological polar surface area (TPSA) is 169 Å². The molecule has 15 nitrogen and oxygen atoms in total. The van der Waals surface area contributed by atoms with Gasteiger partial charge in [-0.25, -0.2) is 22.7 Å². The number of amides is 5. The van der Waals surface area contributed by atoms with E-state index >= 15 is 8.78 Å². The number of piperazine rings is 1. The number of piperidine rings is 3. The number of hydrogen-bond donors (Lipinski definition) is 2. The molecule has 3 aromatic carbocycles. The minimum Gasteiger partial charge on any atom is -0.375 e. The van der Waals surface area contributed by atoms with Crippen molar-refractivity contribution in [3.8, 4) is 0 Å². The van der Waals surface area contributed by atoms with Crippen LogP contribution in [0.15, 0.2) is 65.5 Å². The predicted molar refractivity (Wildman–Crippen MR) is 270 cm³/mol. The highest BCUT2D eigenvalue weighted by Gasteiger charge is 2.62. The lowest BCUT2D eigenvalue weighted by atomic mass is 9.83. The summed E-state index contributed by atoms with van der Waals surface area (Å²) in [6, 6.07) is 15.3. The van der Waals surface area contributed by atoms with Crippen molar-refractivity contribution in [2.45, 2.75) is 114 Å². The van der Waals surface area contributed by atoms with Gasteiger partial charge in [-0.05, 0) is 92.7 Å². The Labute approximate surface area is 433 Å². The molecule has 2 aliphatic carbocycles. The average Bonchev–Trinajstić information content (AvgIpc) is 4.09. The van der Waals surface area contributed by atoms with Crippen LogP contribution in [-0.4, -0.2) is 160 Å². The van der Waals surface area contributed by atoms with Gasteiger partial charge in [0.05, 0.1) is 41.0 Å². The molecule has 1 aromatic heterocycles. The normalized spacial score (nSPS) is 22.5. The molecule has 2 saturated carbocycles. The van der Waals surface area contributed by atoms with Crippen molar-refractivity contribution in [2.75, 3.05) is 72.0 Å². The summed E-state index contributed by atoms with van der Waals surface area (Å²) < 4.78 is 65.4. The Morgan fingerprint density at radius 3 is 2.11 bits per heavy atom. The molecule has 0 bridgehead atoms. The Hall–Kier alpha value is -6.21. The molecule has 19 heteroatoms. The highest BCUT2D eigenvalue weighted by Crippen LogP contribution is 2.50. The van der Waals surface area contributed by atoms with Gasteiger partial charge in [0.25, 0.3) is 23.3 Å². The number of ether oxygens (including phenoxy) is 1. The van der Waals surface area contributed by atoms with Crippen molar-refractivity contribution in [3.63, 3.8) is 0 Å². The predicted octanol–water partition coefficient (Wildman–Crippen LogP) is 6.29. The molecule has 3 atom stereocenters. The summed E-state index contributed by atoms with van der Waals surface area (Å²) in [4.78, 5) is 89.1. The van der Waals surface area contributed by atoms with Gasteiger partial charge in [0.15, 0.2) is 0 Å². The van der Waals surface area contributed by atoms with E-state index in [0.29, 0.717) is 93.5 Å². The van der Waals surface area contributed by atoms with Crippen LogP contribution in [0.4, 0.5) is 17.6 Å². The number of benzene rings is 3. The number of hydrogen-bond acceptors (Lipinski definition) is 9. The lowest BCUT2D eigenvalue weighted by Gasteiger charge is -2.40. The first-order valence-electron chi connectivity index (χ1n) is 26.9. The molecule has 4 aliphatic heterocycles. The number of likely N-dealkylation sites (tertiary alicyclic amines) is 3. The molecule has 6 aliphatic rings. The first-order chi connectivity index (χ1) is 36.2. The fourth-order valence-corrected chi connectivity index (χ4v) is 12.1. The van der Waals surface area contributed by atoms with Crippen LogP contribution < -0.4 is 10.9 Å². The van der Waals surface area contributed by atoms with E-state index in [2.05, 4.69) is 20.4 Å². The number of alkyl halides is 2. The highest BCUT2D eigenvalue weighted by molar-refractivity contribution is 5.98. The van der Waals surface area contributed by atoms with Crippen molar-refractivity contribution in [1.29, 1.82) is 0 Å². The summed E-state index contributed by atoms with van der Waals surface area (Å²) in [5.41, 5.74) is 1.01. The molecular formula is C56H66F4N8O7. The van der Waals surface area contributed by atoms with Gasteiger partial charge in [0, 0.05) is 89.6 Å². The second kappa shape index (κ2) is 22.6. The number of fused-ring (bicyclic) bond motifs is 1. The zero-order valence-electron chi connectivity index (χ0n) is 42.3. The lowest BCUT2D eigenvalue weighted by molar-refractivity contribution is -0.140. The van der Waals surface area contributed by atoms with E-state index in [4.69, 9.17) is 4.74 Å². The first-order valence-corrected chi connectivity index (χ1v) is 26.9. The largest absolute Gasteiger partial charge is 0.375 e. The molecule has 4 aromatic rings. The van der Waals surface area contributed by atoms with Crippen LogP contribution in [0.5, 0.6) is 0 Å².